The smallest absolute Gasteiger partial charge is 0.338 e. The standard InChI is InChI=1S/C25H29FN4O4S/c1-3-30-19(16-28-10-12-29(13-11-28)23(31)20-9-6-14-35-20)21(24(32)34-4-2)22(27-25(30)33)17-7-5-8-18(26)15-17/h5-9,14-15,22H,3-4,10-13,16H2,1-2H3,(H,27,33)/t22-/m0/s1. The van der Waals surface area contributed by atoms with Gasteiger partial charge >= 0.3 is 12.0 Å². The lowest BCUT2D eigenvalue weighted by molar-refractivity contribution is -0.139. The lowest BCUT2D eigenvalue weighted by atomic mass is 9.94. The molecule has 0 aliphatic carbocycles. The summed E-state index contributed by atoms with van der Waals surface area (Å²) in [7, 11) is 0. The van der Waals surface area contributed by atoms with Gasteiger partial charge < -0.3 is 15.0 Å². The van der Waals surface area contributed by atoms with Crippen molar-refractivity contribution in [2.45, 2.75) is 19.9 Å². The predicted octanol–water partition coefficient (Wildman–Crippen LogP) is 3.25. The highest BCUT2D eigenvalue weighted by Gasteiger charge is 2.38. The maximum atomic E-state index is 14.0. The van der Waals surface area contributed by atoms with Gasteiger partial charge in [-0.25, -0.2) is 14.0 Å². The largest absolute Gasteiger partial charge is 0.463 e. The van der Waals surface area contributed by atoms with Crippen LogP contribution in [0.3, 0.4) is 0 Å². The van der Waals surface area contributed by atoms with Crippen LogP contribution in [0.25, 0.3) is 0 Å². The van der Waals surface area contributed by atoms with E-state index in [-0.39, 0.29) is 18.5 Å². The Kier molecular flexibility index (Phi) is 7.82. The van der Waals surface area contributed by atoms with Crippen molar-refractivity contribution in [2.75, 3.05) is 45.9 Å². The van der Waals surface area contributed by atoms with Crippen LogP contribution in [0.1, 0.15) is 35.1 Å². The molecule has 0 spiro atoms. The molecule has 1 aromatic carbocycles. The van der Waals surface area contributed by atoms with E-state index in [4.69, 9.17) is 4.74 Å². The van der Waals surface area contributed by atoms with E-state index in [1.54, 1.807) is 19.1 Å². The molecule has 2 aliphatic rings. The van der Waals surface area contributed by atoms with Gasteiger partial charge in [-0.2, -0.15) is 0 Å². The van der Waals surface area contributed by atoms with E-state index in [1.165, 1.54) is 28.4 Å². The Hall–Kier alpha value is -3.24. The summed E-state index contributed by atoms with van der Waals surface area (Å²) in [6.07, 6.45) is 0. The number of amides is 3. The second-order valence-electron chi connectivity index (χ2n) is 8.31. The molecule has 0 radical (unpaired) electrons. The fourth-order valence-electron chi connectivity index (χ4n) is 4.47. The van der Waals surface area contributed by atoms with Gasteiger partial charge in [0.1, 0.15) is 5.82 Å². The average molecular weight is 501 g/mol. The third kappa shape index (κ3) is 5.38. The number of urea groups is 1. The molecule has 8 nitrogen and oxygen atoms in total. The molecule has 10 heteroatoms. The van der Waals surface area contributed by atoms with Crippen LogP contribution < -0.4 is 5.32 Å². The molecule has 3 heterocycles. The van der Waals surface area contributed by atoms with Gasteiger partial charge in [0.25, 0.3) is 5.91 Å². The molecule has 4 rings (SSSR count). The molecule has 0 unspecified atom stereocenters. The van der Waals surface area contributed by atoms with Crippen LogP contribution in [-0.2, 0) is 9.53 Å². The number of thiophene rings is 1. The fraction of sp³-hybridized carbons (Fsp3) is 0.400. The first-order valence-electron chi connectivity index (χ1n) is 11.7. The number of halogens is 1. The third-order valence-corrected chi connectivity index (χ3v) is 7.05. The van der Waals surface area contributed by atoms with Crippen molar-refractivity contribution < 1.29 is 23.5 Å². The van der Waals surface area contributed by atoms with Crippen LogP contribution in [-0.4, -0.2) is 78.5 Å². The van der Waals surface area contributed by atoms with Gasteiger partial charge in [-0.15, -0.1) is 11.3 Å². The minimum absolute atomic E-state index is 0.0180. The van der Waals surface area contributed by atoms with Gasteiger partial charge in [0.15, 0.2) is 0 Å². The SMILES string of the molecule is CCOC(=O)C1=C(CN2CCN(C(=O)c3cccs3)CC2)N(CC)C(=O)N[C@H]1c1cccc(F)c1. The van der Waals surface area contributed by atoms with Crippen molar-refractivity contribution in [3.8, 4) is 0 Å². The van der Waals surface area contributed by atoms with E-state index in [2.05, 4.69) is 10.2 Å². The number of likely N-dealkylation sites (N-methyl/N-ethyl adjacent to an activating group) is 1. The van der Waals surface area contributed by atoms with Crippen molar-refractivity contribution in [1.29, 1.82) is 0 Å². The first kappa shape index (κ1) is 24.9. The lowest BCUT2D eigenvalue weighted by Gasteiger charge is -2.40. The van der Waals surface area contributed by atoms with E-state index >= 15 is 0 Å². The predicted molar refractivity (Wildman–Crippen MR) is 130 cm³/mol. The summed E-state index contributed by atoms with van der Waals surface area (Å²) in [5, 5.41) is 4.73. The van der Waals surface area contributed by atoms with Crippen molar-refractivity contribution in [3.05, 3.63) is 69.3 Å². The molecule has 1 atom stereocenters. The zero-order valence-electron chi connectivity index (χ0n) is 19.8. The van der Waals surface area contributed by atoms with Crippen LogP contribution in [0, 0.1) is 5.82 Å². The number of carbonyl (C=O) groups excluding carboxylic acids is 3. The molecule has 1 fully saturated rings. The molecule has 1 saturated heterocycles. The Morgan fingerprint density at radius 2 is 1.91 bits per heavy atom. The zero-order valence-corrected chi connectivity index (χ0v) is 20.6. The number of ether oxygens (including phenoxy) is 1. The van der Waals surface area contributed by atoms with Gasteiger partial charge in [0.05, 0.1) is 23.1 Å². The number of rotatable bonds is 7. The number of esters is 1. The lowest BCUT2D eigenvalue weighted by Crippen LogP contribution is -2.53. The highest BCUT2D eigenvalue weighted by Crippen LogP contribution is 2.32. The van der Waals surface area contributed by atoms with Crippen molar-refractivity contribution in [3.63, 3.8) is 0 Å². The Balaban J connectivity index is 1.61. The summed E-state index contributed by atoms with van der Waals surface area (Å²) in [6.45, 7) is 6.71. The number of hydrogen-bond acceptors (Lipinski definition) is 6. The fourth-order valence-corrected chi connectivity index (χ4v) is 5.16. The number of nitrogens with zero attached hydrogens (tertiary/aromatic N) is 3. The highest BCUT2D eigenvalue weighted by molar-refractivity contribution is 7.12. The molecule has 1 N–H and O–H groups in total. The topological polar surface area (TPSA) is 82.2 Å². The van der Waals surface area contributed by atoms with Gasteiger partial charge in [-0.3, -0.25) is 14.6 Å². The Morgan fingerprint density at radius 1 is 1.14 bits per heavy atom. The van der Waals surface area contributed by atoms with E-state index in [0.717, 1.165) is 0 Å². The number of nitrogens with one attached hydrogen (secondary N) is 1. The molecular formula is C25H29FN4O4S. The van der Waals surface area contributed by atoms with E-state index in [0.29, 0.717) is 61.0 Å². The van der Waals surface area contributed by atoms with Crippen LogP contribution in [0.5, 0.6) is 0 Å². The number of piperazine rings is 1. The maximum absolute atomic E-state index is 14.0. The van der Waals surface area contributed by atoms with E-state index in [9.17, 15) is 18.8 Å². The highest BCUT2D eigenvalue weighted by atomic mass is 32.1. The van der Waals surface area contributed by atoms with Gasteiger partial charge in [0.2, 0.25) is 0 Å². The van der Waals surface area contributed by atoms with Crippen LogP contribution >= 0.6 is 11.3 Å². The van der Waals surface area contributed by atoms with Crippen LogP contribution in [0.2, 0.25) is 0 Å². The van der Waals surface area contributed by atoms with Gasteiger partial charge in [0, 0.05) is 45.0 Å². The molecule has 1 aromatic heterocycles. The van der Waals surface area contributed by atoms with Crippen molar-refractivity contribution >= 4 is 29.2 Å². The quantitative estimate of drug-likeness (QED) is 0.591. The Labute approximate surface area is 207 Å². The second-order valence-corrected chi connectivity index (χ2v) is 9.26. The maximum Gasteiger partial charge on any atom is 0.338 e. The summed E-state index contributed by atoms with van der Waals surface area (Å²) >= 11 is 1.42. The Morgan fingerprint density at radius 3 is 2.54 bits per heavy atom. The summed E-state index contributed by atoms with van der Waals surface area (Å²) in [5.74, 6) is -0.975. The van der Waals surface area contributed by atoms with Gasteiger partial charge in [-0.05, 0) is 43.0 Å². The number of carbonyl (C=O) groups is 3. The van der Waals surface area contributed by atoms with E-state index < -0.39 is 17.8 Å². The Bertz CT molecular complexity index is 1110. The zero-order chi connectivity index (χ0) is 24.9. The minimum Gasteiger partial charge on any atom is -0.463 e. The van der Waals surface area contributed by atoms with Crippen LogP contribution in [0.15, 0.2) is 53.0 Å². The summed E-state index contributed by atoms with van der Waals surface area (Å²) < 4.78 is 19.4. The molecule has 0 bridgehead atoms. The molecule has 2 aliphatic heterocycles. The number of benzene rings is 1. The average Bonchev–Trinajstić information content (AvgIpc) is 3.39. The molecule has 3 amide bonds. The molecule has 186 valence electrons. The molecule has 0 saturated carbocycles. The van der Waals surface area contributed by atoms with Gasteiger partial charge in [-0.1, -0.05) is 18.2 Å². The minimum atomic E-state index is -0.822. The summed E-state index contributed by atoms with van der Waals surface area (Å²) in [6, 6.07) is 8.38. The van der Waals surface area contributed by atoms with Crippen molar-refractivity contribution in [2.24, 2.45) is 0 Å². The summed E-state index contributed by atoms with van der Waals surface area (Å²) in [5.41, 5.74) is 1.32. The normalized spacial score (nSPS) is 19.1. The third-order valence-electron chi connectivity index (χ3n) is 6.20. The van der Waals surface area contributed by atoms with Crippen molar-refractivity contribution in [1.82, 2.24) is 20.0 Å². The van der Waals surface area contributed by atoms with Crippen LogP contribution in [0.4, 0.5) is 9.18 Å². The second kappa shape index (κ2) is 11.0. The first-order valence-corrected chi connectivity index (χ1v) is 12.6. The monoisotopic (exact) mass is 500 g/mol. The van der Waals surface area contributed by atoms with E-state index in [1.807, 2.05) is 29.3 Å². The summed E-state index contributed by atoms with van der Waals surface area (Å²) in [4.78, 5) is 45.0. The molecule has 2 aromatic rings. The molecular weight excluding hydrogens is 471 g/mol. The molecule has 35 heavy (non-hydrogen) atoms. The first-order chi connectivity index (χ1) is 16.9. The number of hydrogen-bond donors (Lipinski definition) is 1.